The van der Waals surface area contributed by atoms with Crippen molar-refractivity contribution in [2.75, 3.05) is 52.1 Å². The third-order valence-electron chi connectivity index (χ3n) is 4.58. The van der Waals surface area contributed by atoms with E-state index in [-0.39, 0.29) is 11.8 Å². The minimum atomic E-state index is -0.00580. The number of amides is 2. The molecular weight excluding hydrogens is 340 g/mol. The summed E-state index contributed by atoms with van der Waals surface area (Å²) in [6.45, 7) is 2.66. The molecule has 1 heterocycles. The fraction of sp³-hybridized carbons (Fsp3) is 0.333. The van der Waals surface area contributed by atoms with Crippen LogP contribution in [0.1, 0.15) is 10.4 Å². The number of hydrogen-bond donors (Lipinski definition) is 1. The number of carbonyl (C=O) groups is 2. The minimum Gasteiger partial charge on any atom is -0.355 e. The first-order chi connectivity index (χ1) is 13.0. The molecule has 0 aromatic heterocycles. The number of nitrogens with one attached hydrogen (secondary N) is 1. The maximum Gasteiger partial charge on any atom is 0.256 e. The van der Waals surface area contributed by atoms with Gasteiger partial charge in [0.1, 0.15) is 0 Å². The van der Waals surface area contributed by atoms with Gasteiger partial charge in [-0.2, -0.15) is 0 Å². The maximum atomic E-state index is 13.0. The van der Waals surface area contributed by atoms with Crippen LogP contribution < -0.4 is 5.32 Å². The van der Waals surface area contributed by atoms with Crippen LogP contribution in [0.5, 0.6) is 0 Å². The molecule has 27 heavy (non-hydrogen) atoms. The molecule has 2 amide bonds. The number of anilines is 2. The Kier molecular flexibility index (Phi) is 6.08. The van der Waals surface area contributed by atoms with Crippen LogP contribution in [0.4, 0.5) is 11.4 Å². The normalized spacial score (nSPS) is 14.3. The van der Waals surface area contributed by atoms with Crippen LogP contribution in [0.3, 0.4) is 0 Å². The van der Waals surface area contributed by atoms with Crippen molar-refractivity contribution in [2.24, 2.45) is 0 Å². The van der Waals surface area contributed by atoms with Crippen molar-refractivity contribution in [1.29, 1.82) is 0 Å². The summed E-state index contributed by atoms with van der Waals surface area (Å²) in [6.07, 6.45) is 0. The zero-order valence-corrected chi connectivity index (χ0v) is 15.9. The van der Waals surface area contributed by atoms with Crippen molar-refractivity contribution in [3.8, 4) is 0 Å². The van der Waals surface area contributed by atoms with E-state index < -0.39 is 0 Å². The van der Waals surface area contributed by atoms with Crippen molar-refractivity contribution in [1.82, 2.24) is 14.7 Å². The van der Waals surface area contributed by atoms with Crippen molar-refractivity contribution < 1.29 is 9.59 Å². The SMILES string of the molecule is CN(C)CC(=O)N1CCN(C(=O)c2ccccc2Nc2ccccc2)CC1. The lowest BCUT2D eigenvalue weighted by Gasteiger charge is -2.35. The van der Waals surface area contributed by atoms with Gasteiger partial charge < -0.3 is 20.0 Å². The number of piperazine rings is 1. The van der Waals surface area contributed by atoms with E-state index in [1.807, 2.05) is 83.4 Å². The van der Waals surface area contributed by atoms with Gasteiger partial charge in [0.2, 0.25) is 5.91 Å². The predicted octanol–water partition coefficient (Wildman–Crippen LogP) is 2.28. The highest BCUT2D eigenvalue weighted by molar-refractivity contribution is 6.00. The molecule has 0 spiro atoms. The number of carbonyl (C=O) groups excluding carboxylic acids is 2. The van der Waals surface area contributed by atoms with E-state index >= 15 is 0 Å². The van der Waals surface area contributed by atoms with E-state index in [0.717, 1.165) is 11.4 Å². The highest BCUT2D eigenvalue weighted by atomic mass is 16.2. The van der Waals surface area contributed by atoms with Gasteiger partial charge in [-0.15, -0.1) is 0 Å². The minimum absolute atomic E-state index is 0.00580. The van der Waals surface area contributed by atoms with Gasteiger partial charge in [0, 0.05) is 31.9 Å². The van der Waals surface area contributed by atoms with Gasteiger partial charge in [-0.3, -0.25) is 9.59 Å². The third kappa shape index (κ3) is 4.86. The number of benzene rings is 2. The van der Waals surface area contributed by atoms with Crippen LogP contribution in [-0.2, 0) is 4.79 Å². The van der Waals surface area contributed by atoms with E-state index in [9.17, 15) is 9.59 Å². The Morgan fingerprint density at radius 3 is 2.15 bits per heavy atom. The Morgan fingerprint density at radius 2 is 1.48 bits per heavy atom. The first-order valence-corrected chi connectivity index (χ1v) is 9.17. The Bertz CT molecular complexity index is 784. The quantitative estimate of drug-likeness (QED) is 0.882. The standard InChI is InChI=1S/C21H26N4O2/c1-23(2)16-20(26)24-12-14-25(15-13-24)21(27)18-10-6-7-11-19(18)22-17-8-4-3-5-9-17/h3-11,22H,12-16H2,1-2H3. The van der Waals surface area contributed by atoms with Gasteiger partial charge >= 0.3 is 0 Å². The molecular formula is C21H26N4O2. The average Bonchev–Trinajstić information content (AvgIpc) is 2.68. The molecule has 0 unspecified atom stereocenters. The molecule has 0 saturated carbocycles. The zero-order chi connectivity index (χ0) is 19.2. The summed E-state index contributed by atoms with van der Waals surface area (Å²) < 4.78 is 0. The molecule has 0 bridgehead atoms. The van der Waals surface area contributed by atoms with Gasteiger partial charge in [0.25, 0.3) is 5.91 Å². The molecule has 1 fully saturated rings. The van der Waals surface area contributed by atoms with Crippen molar-refractivity contribution in [2.45, 2.75) is 0 Å². The first kappa shape index (κ1) is 18.9. The molecule has 1 saturated heterocycles. The molecule has 1 N–H and O–H groups in total. The molecule has 2 aromatic rings. The highest BCUT2D eigenvalue weighted by Crippen LogP contribution is 2.22. The topological polar surface area (TPSA) is 55.9 Å². The van der Waals surface area contributed by atoms with Crippen LogP contribution in [0.25, 0.3) is 0 Å². The zero-order valence-electron chi connectivity index (χ0n) is 15.9. The summed E-state index contributed by atoms with van der Waals surface area (Å²) in [5.41, 5.74) is 2.38. The largest absolute Gasteiger partial charge is 0.355 e. The van der Waals surface area contributed by atoms with E-state index in [1.54, 1.807) is 0 Å². The fourth-order valence-corrected chi connectivity index (χ4v) is 3.16. The molecule has 142 valence electrons. The number of likely N-dealkylation sites (N-methyl/N-ethyl adjacent to an activating group) is 1. The Balaban J connectivity index is 1.66. The summed E-state index contributed by atoms with van der Waals surface area (Å²) in [4.78, 5) is 30.7. The third-order valence-corrected chi connectivity index (χ3v) is 4.58. The number of hydrogen-bond acceptors (Lipinski definition) is 4. The second-order valence-electron chi connectivity index (χ2n) is 6.95. The molecule has 0 radical (unpaired) electrons. The Hall–Kier alpha value is -2.86. The number of para-hydroxylation sites is 2. The molecule has 2 aromatic carbocycles. The summed E-state index contributed by atoms with van der Waals surface area (Å²) in [6, 6.07) is 17.4. The predicted molar refractivity (Wildman–Crippen MR) is 107 cm³/mol. The summed E-state index contributed by atoms with van der Waals surface area (Å²) >= 11 is 0. The molecule has 0 aliphatic carbocycles. The van der Waals surface area contributed by atoms with Gasteiger partial charge in [-0.1, -0.05) is 30.3 Å². The van der Waals surface area contributed by atoms with E-state index in [1.165, 1.54) is 0 Å². The van der Waals surface area contributed by atoms with Gasteiger partial charge in [0.05, 0.1) is 17.8 Å². The van der Waals surface area contributed by atoms with Crippen molar-refractivity contribution in [3.05, 3.63) is 60.2 Å². The molecule has 1 aliphatic heterocycles. The molecule has 6 nitrogen and oxygen atoms in total. The lowest BCUT2D eigenvalue weighted by atomic mass is 10.1. The highest BCUT2D eigenvalue weighted by Gasteiger charge is 2.26. The summed E-state index contributed by atoms with van der Waals surface area (Å²) in [5.74, 6) is 0.104. The maximum absolute atomic E-state index is 13.0. The van der Waals surface area contributed by atoms with Gasteiger partial charge in [0.15, 0.2) is 0 Å². The fourth-order valence-electron chi connectivity index (χ4n) is 3.16. The number of nitrogens with zero attached hydrogens (tertiary/aromatic N) is 3. The van der Waals surface area contributed by atoms with Crippen LogP contribution in [-0.4, -0.2) is 73.3 Å². The summed E-state index contributed by atoms with van der Waals surface area (Å²) in [7, 11) is 3.77. The first-order valence-electron chi connectivity index (χ1n) is 9.17. The van der Waals surface area contributed by atoms with Crippen LogP contribution in [0.2, 0.25) is 0 Å². The smallest absolute Gasteiger partial charge is 0.256 e. The van der Waals surface area contributed by atoms with E-state index in [2.05, 4.69) is 5.32 Å². The Labute approximate surface area is 160 Å². The molecule has 1 aliphatic rings. The van der Waals surface area contributed by atoms with Gasteiger partial charge in [-0.25, -0.2) is 0 Å². The molecule has 6 heteroatoms. The lowest BCUT2D eigenvalue weighted by Crippen LogP contribution is -2.52. The second kappa shape index (κ2) is 8.68. The van der Waals surface area contributed by atoms with Crippen LogP contribution in [0.15, 0.2) is 54.6 Å². The molecule has 3 rings (SSSR count). The average molecular weight is 366 g/mol. The van der Waals surface area contributed by atoms with Crippen LogP contribution >= 0.6 is 0 Å². The summed E-state index contributed by atoms with van der Waals surface area (Å²) in [5, 5.41) is 3.32. The van der Waals surface area contributed by atoms with Crippen LogP contribution in [0, 0.1) is 0 Å². The monoisotopic (exact) mass is 366 g/mol. The van der Waals surface area contributed by atoms with Crippen molar-refractivity contribution >= 4 is 23.2 Å². The Morgan fingerprint density at radius 1 is 0.889 bits per heavy atom. The van der Waals surface area contributed by atoms with E-state index in [4.69, 9.17) is 0 Å². The van der Waals surface area contributed by atoms with Gasteiger partial charge in [-0.05, 0) is 38.4 Å². The van der Waals surface area contributed by atoms with Crippen molar-refractivity contribution in [3.63, 3.8) is 0 Å². The van der Waals surface area contributed by atoms with E-state index in [0.29, 0.717) is 38.3 Å². The lowest BCUT2D eigenvalue weighted by molar-refractivity contribution is -0.133. The second-order valence-corrected chi connectivity index (χ2v) is 6.95. The molecule has 0 atom stereocenters. The number of rotatable bonds is 5.